The van der Waals surface area contributed by atoms with Gasteiger partial charge < -0.3 is 29.6 Å². The Kier molecular flexibility index (Phi) is 7.54. The highest BCUT2D eigenvalue weighted by molar-refractivity contribution is 5.96. The van der Waals surface area contributed by atoms with Gasteiger partial charge in [0.05, 0.1) is 19.4 Å². The Balaban J connectivity index is 1.68. The summed E-state index contributed by atoms with van der Waals surface area (Å²) in [6.45, 7) is 1.77. The number of hydrogen-bond donors (Lipinski definition) is 3. The minimum atomic E-state index is -4.89. The SMILES string of the molecule is COc1c([C@H]2[C@H](C(=O)Nc3ccc4nc(C(=O)NCCO)cn4c3)O[C@@](C)(C(F)(F)F)[C@H]2C)ccc(F)c1F. The van der Waals surface area contributed by atoms with Gasteiger partial charge >= 0.3 is 6.18 Å². The van der Waals surface area contributed by atoms with Crippen LogP contribution in [0.5, 0.6) is 5.75 Å². The Morgan fingerprint density at radius 1 is 1.21 bits per heavy atom. The second-order valence-electron chi connectivity index (χ2n) is 9.22. The van der Waals surface area contributed by atoms with Crippen molar-refractivity contribution in [3.63, 3.8) is 0 Å². The Morgan fingerprint density at radius 3 is 2.56 bits per heavy atom. The number of amides is 2. The summed E-state index contributed by atoms with van der Waals surface area (Å²) in [7, 11) is 1.04. The summed E-state index contributed by atoms with van der Waals surface area (Å²) < 4.78 is 82.5. The molecule has 4 rings (SSSR count). The predicted octanol–water partition coefficient (Wildman–Crippen LogP) is 3.42. The van der Waals surface area contributed by atoms with E-state index in [-0.39, 0.29) is 30.1 Å². The van der Waals surface area contributed by atoms with Crippen molar-refractivity contribution in [3.05, 3.63) is 59.6 Å². The fourth-order valence-electron chi connectivity index (χ4n) is 4.69. The van der Waals surface area contributed by atoms with E-state index in [1.54, 1.807) is 0 Å². The van der Waals surface area contributed by atoms with Crippen molar-refractivity contribution in [1.29, 1.82) is 0 Å². The van der Waals surface area contributed by atoms with E-state index in [1.807, 2.05) is 0 Å². The molecule has 0 saturated carbocycles. The standard InChI is InChI=1S/C25H25F5N4O5/c1-12-18(14-5-6-15(26)19(27)20(14)38-3)21(39-24(12,2)25(28,29)30)23(37)32-13-4-7-17-33-16(11-34(17)10-13)22(36)31-8-9-35/h4-7,10-12,18,21,35H,8-9H2,1-3H3,(H,31,36)(H,32,37)/t12-,18-,21+,24+/m0/s1. The first-order chi connectivity index (χ1) is 18.3. The van der Waals surface area contributed by atoms with Crippen molar-refractivity contribution in [2.24, 2.45) is 5.92 Å². The number of ether oxygens (including phenoxy) is 2. The average Bonchev–Trinajstić information content (AvgIpc) is 3.43. The molecule has 3 N–H and O–H groups in total. The van der Waals surface area contributed by atoms with Gasteiger partial charge in [0, 0.05) is 36.3 Å². The van der Waals surface area contributed by atoms with Gasteiger partial charge in [-0.25, -0.2) is 9.37 Å². The molecule has 1 saturated heterocycles. The van der Waals surface area contributed by atoms with Crippen molar-refractivity contribution in [2.45, 2.75) is 37.6 Å². The second kappa shape index (κ2) is 10.4. The molecule has 3 aromatic rings. The topological polar surface area (TPSA) is 114 Å². The first-order valence-electron chi connectivity index (χ1n) is 11.8. The van der Waals surface area contributed by atoms with Crippen molar-refractivity contribution in [3.8, 4) is 5.75 Å². The summed E-state index contributed by atoms with van der Waals surface area (Å²) in [4.78, 5) is 29.6. The number of aromatic nitrogens is 2. The fourth-order valence-corrected chi connectivity index (χ4v) is 4.69. The molecule has 0 bridgehead atoms. The van der Waals surface area contributed by atoms with Crippen LogP contribution in [0.15, 0.2) is 36.7 Å². The van der Waals surface area contributed by atoms with Gasteiger partial charge in [-0.15, -0.1) is 0 Å². The number of anilines is 1. The van der Waals surface area contributed by atoms with Gasteiger partial charge in [-0.05, 0) is 25.1 Å². The molecule has 3 heterocycles. The van der Waals surface area contributed by atoms with Crippen LogP contribution in [-0.2, 0) is 9.53 Å². The number of rotatable bonds is 7. The van der Waals surface area contributed by atoms with Crippen LogP contribution in [-0.4, -0.2) is 64.4 Å². The zero-order valence-electron chi connectivity index (χ0n) is 21.0. The lowest BCUT2D eigenvalue weighted by atomic mass is 9.77. The monoisotopic (exact) mass is 556 g/mol. The van der Waals surface area contributed by atoms with Crippen LogP contribution < -0.4 is 15.4 Å². The molecule has 1 aliphatic rings. The van der Waals surface area contributed by atoms with Gasteiger partial charge in [-0.1, -0.05) is 13.0 Å². The van der Waals surface area contributed by atoms with Crippen molar-refractivity contribution in [2.75, 3.05) is 25.6 Å². The lowest BCUT2D eigenvalue weighted by Crippen LogP contribution is -2.47. The number of carbonyl (C=O) groups is 2. The zero-order valence-corrected chi connectivity index (χ0v) is 21.0. The van der Waals surface area contributed by atoms with Gasteiger partial charge in [0.25, 0.3) is 11.8 Å². The van der Waals surface area contributed by atoms with E-state index >= 15 is 0 Å². The molecule has 0 aliphatic carbocycles. The van der Waals surface area contributed by atoms with E-state index in [0.29, 0.717) is 5.65 Å². The van der Waals surface area contributed by atoms with Crippen molar-refractivity contribution < 1.29 is 46.1 Å². The number of nitrogens with one attached hydrogen (secondary N) is 2. The van der Waals surface area contributed by atoms with Crippen LogP contribution >= 0.6 is 0 Å². The first kappa shape index (κ1) is 28.2. The average molecular weight is 556 g/mol. The zero-order chi connectivity index (χ0) is 28.7. The molecule has 39 heavy (non-hydrogen) atoms. The van der Waals surface area contributed by atoms with Gasteiger partial charge in [0.15, 0.2) is 17.2 Å². The minimum Gasteiger partial charge on any atom is -0.493 e. The third-order valence-corrected chi connectivity index (χ3v) is 6.92. The van der Waals surface area contributed by atoms with Crippen LogP contribution in [0.3, 0.4) is 0 Å². The van der Waals surface area contributed by atoms with E-state index < -0.39 is 58.9 Å². The van der Waals surface area contributed by atoms with E-state index in [9.17, 15) is 31.5 Å². The molecular weight excluding hydrogens is 531 g/mol. The number of fused-ring (bicyclic) bond motifs is 1. The molecule has 4 atom stereocenters. The predicted molar refractivity (Wildman–Crippen MR) is 127 cm³/mol. The lowest BCUT2D eigenvalue weighted by Gasteiger charge is -2.32. The molecule has 1 aliphatic heterocycles. The molecule has 0 radical (unpaired) electrons. The smallest absolute Gasteiger partial charge is 0.417 e. The molecule has 14 heteroatoms. The minimum absolute atomic E-state index is 0.0224. The maximum absolute atomic E-state index is 14.5. The molecule has 2 aromatic heterocycles. The number of aliphatic hydroxyl groups is 1. The number of halogens is 5. The number of nitrogens with zero attached hydrogens (tertiary/aromatic N) is 2. The Morgan fingerprint density at radius 2 is 1.92 bits per heavy atom. The molecule has 1 fully saturated rings. The van der Waals surface area contributed by atoms with Gasteiger partial charge in [-0.3, -0.25) is 9.59 Å². The molecule has 9 nitrogen and oxygen atoms in total. The Bertz CT molecular complexity index is 1410. The maximum atomic E-state index is 14.5. The van der Waals surface area contributed by atoms with Crippen molar-refractivity contribution >= 4 is 23.1 Å². The summed E-state index contributed by atoms with van der Waals surface area (Å²) in [6.07, 6.45) is -3.91. The summed E-state index contributed by atoms with van der Waals surface area (Å²) in [5, 5.41) is 13.8. The van der Waals surface area contributed by atoms with Crippen LogP contribution in [0.1, 0.15) is 35.8 Å². The number of imidazole rings is 1. The van der Waals surface area contributed by atoms with Crippen LogP contribution in [0, 0.1) is 17.6 Å². The summed E-state index contributed by atoms with van der Waals surface area (Å²) in [5.41, 5.74) is -2.44. The van der Waals surface area contributed by atoms with E-state index in [2.05, 4.69) is 15.6 Å². The molecule has 0 unspecified atom stereocenters. The second-order valence-corrected chi connectivity index (χ2v) is 9.22. The van der Waals surface area contributed by atoms with Crippen LogP contribution in [0.2, 0.25) is 0 Å². The maximum Gasteiger partial charge on any atom is 0.417 e. The third-order valence-electron chi connectivity index (χ3n) is 6.92. The van der Waals surface area contributed by atoms with E-state index in [4.69, 9.17) is 14.6 Å². The number of carbonyl (C=O) groups excluding carboxylic acids is 2. The fraction of sp³-hybridized carbons (Fsp3) is 0.400. The molecule has 2 amide bonds. The van der Waals surface area contributed by atoms with Gasteiger partial charge in [-0.2, -0.15) is 17.6 Å². The first-order valence-corrected chi connectivity index (χ1v) is 11.8. The number of hydrogen-bond acceptors (Lipinski definition) is 6. The van der Waals surface area contributed by atoms with Gasteiger partial charge in [0.1, 0.15) is 17.4 Å². The molecule has 210 valence electrons. The number of alkyl halides is 3. The largest absolute Gasteiger partial charge is 0.493 e. The number of benzene rings is 1. The Labute approximate surface area is 218 Å². The normalized spacial score (nSPS) is 23.2. The molecule has 1 aromatic carbocycles. The van der Waals surface area contributed by atoms with Crippen molar-refractivity contribution in [1.82, 2.24) is 14.7 Å². The van der Waals surface area contributed by atoms with E-state index in [1.165, 1.54) is 35.9 Å². The summed E-state index contributed by atoms with van der Waals surface area (Å²) >= 11 is 0. The number of methoxy groups -OCH3 is 1. The molecule has 0 spiro atoms. The quantitative estimate of drug-likeness (QED) is 0.385. The highest BCUT2D eigenvalue weighted by Gasteiger charge is 2.65. The van der Waals surface area contributed by atoms with E-state index in [0.717, 1.165) is 26.2 Å². The summed E-state index contributed by atoms with van der Waals surface area (Å²) in [6, 6.07) is 4.71. The highest BCUT2D eigenvalue weighted by Crippen LogP contribution is 2.55. The number of aliphatic hydroxyl groups excluding tert-OH is 1. The highest BCUT2D eigenvalue weighted by atomic mass is 19.4. The summed E-state index contributed by atoms with van der Waals surface area (Å²) in [5.74, 6) is -7.55. The Hall–Kier alpha value is -3.78. The lowest BCUT2D eigenvalue weighted by molar-refractivity contribution is -0.272. The van der Waals surface area contributed by atoms with Gasteiger partial charge in [0.2, 0.25) is 5.82 Å². The third kappa shape index (κ3) is 5.01. The van der Waals surface area contributed by atoms with Crippen LogP contribution in [0.25, 0.3) is 5.65 Å². The molecular formula is C25H25F5N4O5. The number of pyridine rings is 1. The van der Waals surface area contributed by atoms with Crippen LogP contribution in [0.4, 0.5) is 27.6 Å².